The number of halogens is 1. The maximum atomic E-state index is 12.4. The molecular weight excluding hydrogens is 414 g/mol. The smallest absolute Gasteiger partial charge is 0.252 e. The number of thioether (sulfide) groups is 1. The predicted molar refractivity (Wildman–Crippen MR) is 109 cm³/mol. The van der Waals surface area contributed by atoms with Crippen molar-refractivity contribution in [3.8, 4) is 0 Å². The Hall–Kier alpha value is -2.91. The number of imidazole rings is 1. The monoisotopic (exact) mass is 429 g/mol. The highest BCUT2D eigenvalue weighted by atomic mass is 35.5. The van der Waals surface area contributed by atoms with E-state index >= 15 is 0 Å². The molecule has 1 saturated heterocycles. The Morgan fingerprint density at radius 1 is 1.24 bits per heavy atom. The number of Topliss-reactive ketones (excluding diaryl/α,β-unsaturated/α-hetero) is 1. The molecule has 8 nitrogen and oxygen atoms in total. The van der Waals surface area contributed by atoms with E-state index in [1.807, 2.05) is 12.1 Å². The minimum atomic E-state index is -0.430. The van der Waals surface area contributed by atoms with Crippen LogP contribution < -0.4 is 5.43 Å². The van der Waals surface area contributed by atoms with Gasteiger partial charge in [0, 0.05) is 29.6 Å². The van der Waals surface area contributed by atoms with Gasteiger partial charge in [-0.1, -0.05) is 29.8 Å². The molecule has 2 aromatic heterocycles. The van der Waals surface area contributed by atoms with Crippen molar-refractivity contribution >= 4 is 52.1 Å². The quantitative estimate of drug-likeness (QED) is 0.583. The third kappa shape index (κ3) is 4.10. The molecule has 2 N–H and O–H groups in total. The van der Waals surface area contributed by atoms with Crippen molar-refractivity contribution in [2.45, 2.75) is 18.2 Å². The van der Waals surface area contributed by atoms with Crippen LogP contribution in [0.4, 0.5) is 0 Å². The van der Waals surface area contributed by atoms with E-state index < -0.39 is 11.3 Å². The molecule has 1 aliphatic heterocycles. The van der Waals surface area contributed by atoms with Gasteiger partial charge in [0.25, 0.3) is 5.91 Å². The Labute approximate surface area is 175 Å². The zero-order valence-electron chi connectivity index (χ0n) is 15.1. The summed E-state index contributed by atoms with van der Waals surface area (Å²) in [4.78, 5) is 48.0. The van der Waals surface area contributed by atoms with Gasteiger partial charge in [-0.05, 0) is 18.2 Å². The maximum Gasteiger partial charge on any atom is 0.252 e. The van der Waals surface area contributed by atoms with Gasteiger partial charge in [-0.15, -0.1) is 11.8 Å². The molecule has 0 saturated carbocycles. The number of nitrogens with one attached hydrogen (secondary N) is 2. The Balaban J connectivity index is 1.39. The predicted octanol–water partition coefficient (Wildman–Crippen LogP) is 2.88. The fourth-order valence-corrected chi connectivity index (χ4v) is 4.41. The summed E-state index contributed by atoms with van der Waals surface area (Å²) in [6, 6.07) is 10.7. The number of H-pyrrole nitrogens is 1. The van der Waals surface area contributed by atoms with Crippen molar-refractivity contribution in [2.75, 3.05) is 5.75 Å². The van der Waals surface area contributed by atoms with Crippen LogP contribution in [0.15, 0.2) is 42.6 Å². The van der Waals surface area contributed by atoms with Gasteiger partial charge in [0.15, 0.2) is 17.3 Å². The lowest BCUT2D eigenvalue weighted by molar-refractivity contribution is -0.139. The van der Waals surface area contributed by atoms with Crippen molar-refractivity contribution < 1.29 is 14.4 Å². The molecule has 3 heterocycles. The second kappa shape index (κ2) is 8.22. The molecule has 0 spiro atoms. The van der Waals surface area contributed by atoms with E-state index in [4.69, 9.17) is 11.6 Å². The Morgan fingerprint density at radius 3 is 2.86 bits per heavy atom. The number of hydrogen-bond acceptors (Lipinski definition) is 6. The maximum absolute atomic E-state index is 12.4. The summed E-state index contributed by atoms with van der Waals surface area (Å²) in [7, 11) is 0. The van der Waals surface area contributed by atoms with Gasteiger partial charge in [0.2, 0.25) is 5.91 Å². The van der Waals surface area contributed by atoms with Crippen LogP contribution >= 0.6 is 23.4 Å². The van der Waals surface area contributed by atoms with Crippen molar-refractivity contribution in [1.82, 2.24) is 25.4 Å². The number of nitrogens with zero attached hydrogens (tertiary/aromatic N) is 3. The molecule has 1 aromatic carbocycles. The van der Waals surface area contributed by atoms with Crippen LogP contribution in [0, 0.1) is 0 Å². The molecule has 2 amide bonds. The van der Waals surface area contributed by atoms with Crippen molar-refractivity contribution in [3.63, 3.8) is 0 Å². The van der Waals surface area contributed by atoms with E-state index in [1.165, 1.54) is 16.8 Å². The molecule has 1 atom stereocenters. The number of ketones is 1. The first-order valence-corrected chi connectivity index (χ1v) is 10.3. The average molecular weight is 430 g/mol. The molecular formula is C19H16ClN5O3S. The number of fused-ring (bicyclic) bond motifs is 1. The number of aromatic nitrogens is 3. The average Bonchev–Trinajstić information content (AvgIpc) is 3.31. The van der Waals surface area contributed by atoms with Crippen LogP contribution in [0.25, 0.3) is 11.2 Å². The largest absolute Gasteiger partial charge is 0.334 e. The molecule has 3 aromatic rings. The van der Waals surface area contributed by atoms with Gasteiger partial charge in [0.05, 0.1) is 11.3 Å². The van der Waals surface area contributed by atoms with Crippen LogP contribution in [0.5, 0.6) is 0 Å². The second-order valence-electron chi connectivity index (χ2n) is 6.37. The topological polar surface area (TPSA) is 108 Å². The lowest BCUT2D eigenvalue weighted by atomic mass is 10.2. The van der Waals surface area contributed by atoms with Gasteiger partial charge < -0.3 is 4.98 Å². The fraction of sp³-hybridized carbons (Fsp3) is 0.211. The van der Waals surface area contributed by atoms with E-state index in [0.717, 1.165) is 5.56 Å². The van der Waals surface area contributed by atoms with E-state index in [-0.39, 0.29) is 36.1 Å². The number of pyridine rings is 1. The Bertz CT molecular complexity index is 1070. The van der Waals surface area contributed by atoms with Gasteiger partial charge in [0.1, 0.15) is 5.37 Å². The summed E-state index contributed by atoms with van der Waals surface area (Å²) in [5.41, 5.74) is 4.46. The van der Waals surface area contributed by atoms with Crippen molar-refractivity contribution in [1.29, 1.82) is 0 Å². The molecule has 1 unspecified atom stereocenters. The van der Waals surface area contributed by atoms with E-state index in [2.05, 4.69) is 20.4 Å². The van der Waals surface area contributed by atoms with Crippen LogP contribution in [0.1, 0.15) is 34.4 Å². The van der Waals surface area contributed by atoms with Gasteiger partial charge in [-0.3, -0.25) is 19.8 Å². The highest BCUT2D eigenvalue weighted by molar-refractivity contribution is 8.00. The third-order valence-electron chi connectivity index (χ3n) is 4.39. The number of rotatable bonds is 6. The van der Waals surface area contributed by atoms with Crippen LogP contribution in [-0.4, -0.2) is 43.3 Å². The Kier molecular flexibility index (Phi) is 5.50. The number of carbonyl (C=O) groups is 3. The molecule has 10 heteroatoms. The number of hydrazine groups is 1. The summed E-state index contributed by atoms with van der Waals surface area (Å²) in [6.07, 6.45) is 1.47. The van der Waals surface area contributed by atoms with Gasteiger partial charge >= 0.3 is 0 Å². The summed E-state index contributed by atoms with van der Waals surface area (Å²) in [6.45, 7) is 0. The normalized spacial score (nSPS) is 16.4. The standard InChI is InChI=1S/C19H16ClN5O3S/c20-12-5-2-1-4-11(12)19-25(16(28)10-29-19)24-15(27)8-7-14(26)18-22-13-6-3-9-21-17(13)23-18/h1-6,9,19H,7-8,10H2,(H,24,27)(H,21,22,23). The van der Waals surface area contributed by atoms with E-state index in [1.54, 1.807) is 30.5 Å². The summed E-state index contributed by atoms with van der Waals surface area (Å²) < 4.78 is 0. The first kappa shape index (κ1) is 19.4. The van der Waals surface area contributed by atoms with Crippen molar-refractivity contribution in [3.05, 3.63) is 59.0 Å². The van der Waals surface area contributed by atoms with Crippen molar-refractivity contribution in [2.24, 2.45) is 0 Å². The lowest BCUT2D eigenvalue weighted by Gasteiger charge is -2.25. The highest BCUT2D eigenvalue weighted by Gasteiger charge is 2.35. The van der Waals surface area contributed by atoms with Crippen LogP contribution in [0.2, 0.25) is 5.02 Å². The Morgan fingerprint density at radius 2 is 2.07 bits per heavy atom. The van der Waals surface area contributed by atoms with Gasteiger partial charge in [-0.25, -0.2) is 15.0 Å². The molecule has 4 rings (SSSR count). The number of carbonyl (C=O) groups excluding carboxylic acids is 3. The highest BCUT2D eigenvalue weighted by Crippen LogP contribution is 2.40. The van der Waals surface area contributed by atoms with Crippen LogP contribution in [0.3, 0.4) is 0 Å². The fourth-order valence-electron chi connectivity index (χ4n) is 2.96. The summed E-state index contributed by atoms with van der Waals surface area (Å²) in [5.74, 6) is -0.555. The number of hydrogen-bond donors (Lipinski definition) is 2. The second-order valence-corrected chi connectivity index (χ2v) is 7.84. The molecule has 1 fully saturated rings. The first-order valence-electron chi connectivity index (χ1n) is 8.84. The molecule has 0 aliphatic carbocycles. The summed E-state index contributed by atoms with van der Waals surface area (Å²) >= 11 is 7.61. The van der Waals surface area contributed by atoms with Gasteiger partial charge in [-0.2, -0.15) is 0 Å². The third-order valence-corrected chi connectivity index (χ3v) is 5.92. The first-order chi connectivity index (χ1) is 14.0. The number of amides is 2. The van der Waals surface area contributed by atoms with E-state index in [9.17, 15) is 14.4 Å². The molecule has 148 valence electrons. The minimum Gasteiger partial charge on any atom is -0.334 e. The lowest BCUT2D eigenvalue weighted by Crippen LogP contribution is -2.44. The molecule has 29 heavy (non-hydrogen) atoms. The SMILES string of the molecule is O=C(CCC(=O)c1nc2ncccc2[nH]1)NN1C(=O)CSC1c1ccccc1Cl. The molecule has 0 radical (unpaired) electrons. The zero-order chi connectivity index (χ0) is 20.4. The molecule has 0 bridgehead atoms. The zero-order valence-corrected chi connectivity index (χ0v) is 16.7. The number of aromatic amines is 1. The van der Waals surface area contributed by atoms with Crippen LogP contribution in [-0.2, 0) is 9.59 Å². The van der Waals surface area contributed by atoms with E-state index in [0.29, 0.717) is 16.2 Å². The molecule has 1 aliphatic rings. The number of benzene rings is 1. The summed E-state index contributed by atoms with van der Waals surface area (Å²) in [5, 5.41) is 1.40. The minimum absolute atomic E-state index is 0.0441.